The van der Waals surface area contributed by atoms with E-state index in [1.165, 1.54) is 5.69 Å². The van der Waals surface area contributed by atoms with E-state index in [9.17, 15) is 5.11 Å². The standard InChI is InChI=1S/C35H43N5O5/c1-24-36-37-34-23-39(28-9-6-7-10-29(28)40(24)34)18-8-17-38-19-15-25(16-20-38)35(41,26-11-13-30(42-2)32(21-26)44-4)27-12-14-31(43-3)33(22-27)45-5/h6-7,9-14,21-22,25,41H,8,15-20,23H2,1-5H3. The Morgan fingerprint density at radius 3 is 1.91 bits per heavy atom. The molecule has 0 aliphatic carbocycles. The molecule has 6 rings (SSSR count). The third kappa shape index (κ3) is 5.68. The molecule has 1 saturated heterocycles. The number of aromatic nitrogens is 3. The Morgan fingerprint density at radius 1 is 0.756 bits per heavy atom. The van der Waals surface area contributed by atoms with Gasteiger partial charge in [-0.3, -0.25) is 4.57 Å². The van der Waals surface area contributed by atoms with Crippen LogP contribution in [0.3, 0.4) is 0 Å². The van der Waals surface area contributed by atoms with Gasteiger partial charge in [-0.2, -0.15) is 0 Å². The molecular weight excluding hydrogens is 570 g/mol. The minimum atomic E-state index is -1.27. The van der Waals surface area contributed by atoms with E-state index in [1.807, 2.05) is 43.3 Å². The van der Waals surface area contributed by atoms with Crippen LogP contribution in [0.4, 0.5) is 5.69 Å². The first kappa shape index (κ1) is 30.7. The highest BCUT2D eigenvalue weighted by Crippen LogP contribution is 2.46. The van der Waals surface area contributed by atoms with Crippen molar-refractivity contribution in [2.75, 3.05) is 59.5 Å². The molecule has 0 atom stereocenters. The molecule has 2 aliphatic rings. The average molecular weight is 614 g/mol. The molecule has 45 heavy (non-hydrogen) atoms. The van der Waals surface area contributed by atoms with Crippen molar-refractivity contribution < 1.29 is 24.1 Å². The Kier molecular flexibility index (Phi) is 8.87. The Labute approximate surface area is 265 Å². The van der Waals surface area contributed by atoms with Crippen LogP contribution in [0.15, 0.2) is 60.7 Å². The monoisotopic (exact) mass is 613 g/mol. The lowest BCUT2D eigenvalue weighted by molar-refractivity contribution is -0.0145. The van der Waals surface area contributed by atoms with E-state index in [4.69, 9.17) is 18.9 Å². The summed E-state index contributed by atoms with van der Waals surface area (Å²) in [6, 6.07) is 19.9. The van der Waals surface area contributed by atoms with Crippen molar-refractivity contribution in [2.24, 2.45) is 5.92 Å². The molecule has 0 amide bonds. The number of aliphatic hydroxyl groups is 1. The number of aryl methyl sites for hydroxylation is 1. The van der Waals surface area contributed by atoms with Crippen LogP contribution in [0.5, 0.6) is 23.0 Å². The number of likely N-dealkylation sites (tertiary alicyclic amines) is 1. The number of methoxy groups -OCH3 is 4. The number of piperidine rings is 1. The number of anilines is 1. The van der Waals surface area contributed by atoms with E-state index in [0.29, 0.717) is 23.0 Å². The maximum absolute atomic E-state index is 12.7. The summed E-state index contributed by atoms with van der Waals surface area (Å²) < 4.78 is 24.4. The molecule has 1 aromatic heterocycles. The highest BCUT2D eigenvalue weighted by molar-refractivity contribution is 5.65. The number of fused-ring (bicyclic) bond motifs is 3. The van der Waals surface area contributed by atoms with Crippen LogP contribution < -0.4 is 23.8 Å². The zero-order valence-corrected chi connectivity index (χ0v) is 26.8. The molecule has 1 N–H and O–H groups in total. The van der Waals surface area contributed by atoms with Crippen LogP contribution in [0, 0.1) is 12.8 Å². The lowest BCUT2D eigenvalue weighted by Gasteiger charge is -2.42. The molecule has 238 valence electrons. The first-order valence-electron chi connectivity index (χ1n) is 15.6. The largest absolute Gasteiger partial charge is 0.493 e. The minimum Gasteiger partial charge on any atom is -0.493 e. The highest BCUT2D eigenvalue weighted by Gasteiger charge is 2.42. The Balaban J connectivity index is 1.17. The number of para-hydroxylation sites is 2. The molecule has 4 aromatic rings. The van der Waals surface area contributed by atoms with E-state index in [1.54, 1.807) is 28.4 Å². The average Bonchev–Trinajstić information content (AvgIpc) is 3.47. The maximum atomic E-state index is 12.7. The molecule has 0 saturated carbocycles. The summed E-state index contributed by atoms with van der Waals surface area (Å²) in [4.78, 5) is 4.93. The fourth-order valence-electron chi connectivity index (χ4n) is 7.04. The van der Waals surface area contributed by atoms with Gasteiger partial charge in [-0.15, -0.1) is 10.2 Å². The molecule has 3 heterocycles. The van der Waals surface area contributed by atoms with Gasteiger partial charge in [0.25, 0.3) is 0 Å². The predicted octanol–water partition coefficient (Wildman–Crippen LogP) is 4.97. The first-order chi connectivity index (χ1) is 21.9. The second-order valence-electron chi connectivity index (χ2n) is 11.8. The molecule has 3 aromatic carbocycles. The quantitative estimate of drug-likeness (QED) is 0.252. The molecule has 10 heteroatoms. The van der Waals surface area contributed by atoms with E-state index >= 15 is 0 Å². The second kappa shape index (κ2) is 13.0. The lowest BCUT2D eigenvalue weighted by Crippen LogP contribution is -2.45. The molecule has 0 unspecified atom stereocenters. The van der Waals surface area contributed by atoms with Crippen LogP contribution in [0.2, 0.25) is 0 Å². The second-order valence-corrected chi connectivity index (χ2v) is 11.8. The SMILES string of the molecule is COc1ccc(C(O)(c2ccc(OC)c(OC)c2)C2CCN(CCCN3Cc4nnc(C)n4-c4ccccc43)CC2)cc1OC. The van der Waals surface area contributed by atoms with Crippen LogP contribution in [-0.4, -0.2) is 79.4 Å². The number of hydrogen-bond donors (Lipinski definition) is 1. The van der Waals surface area contributed by atoms with Gasteiger partial charge in [0.2, 0.25) is 0 Å². The number of ether oxygens (including phenoxy) is 4. The predicted molar refractivity (Wildman–Crippen MR) is 173 cm³/mol. The topological polar surface area (TPSA) is 94.3 Å². The van der Waals surface area contributed by atoms with Crippen LogP contribution in [-0.2, 0) is 12.1 Å². The van der Waals surface area contributed by atoms with Gasteiger partial charge in [0, 0.05) is 6.54 Å². The summed E-state index contributed by atoms with van der Waals surface area (Å²) in [5.74, 6) is 4.29. The molecule has 10 nitrogen and oxygen atoms in total. The maximum Gasteiger partial charge on any atom is 0.161 e. The van der Waals surface area contributed by atoms with Gasteiger partial charge in [0.05, 0.1) is 46.4 Å². The molecule has 0 bridgehead atoms. The van der Waals surface area contributed by atoms with E-state index < -0.39 is 5.60 Å². The van der Waals surface area contributed by atoms with Gasteiger partial charge < -0.3 is 33.9 Å². The number of hydrogen-bond acceptors (Lipinski definition) is 9. The Hall–Kier alpha value is -4.28. The van der Waals surface area contributed by atoms with Gasteiger partial charge in [0.15, 0.2) is 28.8 Å². The molecular formula is C35H43N5O5. The van der Waals surface area contributed by atoms with Crippen LogP contribution in [0.25, 0.3) is 5.69 Å². The van der Waals surface area contributed by atoms with Crippen molar-refractivity contribution >= 4 is 5.69 Å². The summed E-state index contributed by atoms with van der Waals surface area (Å²) >= 11 is 0. The summed E-state index contributed by atoms with van der Waals surface area (Å²) in [6.45, 7) is 6.48. The van der Waals surface area contributed by atoms with Gasteiger partial charge in [-0.05, 0) is 99.3 Å². The summed E-state index contributed by atoms with van der Waals surface area (Å²) in [5, 5.41) is 21.5. The summed E-state index contributed by atoms with van der Waals surface area (Å²) in [7, 11) is 6.46. The van der Waals surface area contributed by atoms with Gasteiger partial charge in [-0.1, -0.05) is 24.3 Å². The van der Waals surface area contributed by atoms with Crippen LogP contribution in [0.1, 0.15) is 42.0 Å². The minimum absolute atomic E-state index is 0.0199. The zero-order chi connectivity index (χ0) is 31.6. The molecule has 0 spiro atoms. The molecule has 0 radical (unpaired) electrons. The smallest absolute Gasteiger partial charge is 0.161 e. The van der Waals surface area contributed by atoms with Crippen molar-refractivity contribution in [3.8, 4) is 28.7 Å². The van der Waals surface area contributed by atoms with Crippen molar-refractivity contribution in [1.82, 2.24) is 19.7 Å². The van der Waals surface area contributed by atoms with Gasteiger partial charge in [-0.25, -0.2) is 0 Å². The van der Waals surface area contributed by atoms with Gasteiger partial charge >= 0.3 is 0 Å². The van der Waals surface area contributed by atoms with Crippen molar-refractivity contribution in [3.05, 3.63) is 83.4 Å². The zero-order valence-electron chi connectivity index (χ0n) is 26.8. The van der Waals surface area contributed by atoms with Crippen molar-refractivity contribution in [2.45, 2.75) is 38.3 Å². The fraction of sp³-hybridized carbons (Fsp3) is 0.429. The Bertz CT molecular complexity index is 1580. The summed E-state index contributed by atoms with van der Waals surface area (Å²) in [6.07, 6.45) is 2.71. The summed E-state index contributed by atoms with van der Waals surface area (Å²) in [5.41, 5.74) is 2.63. The fourth-order valence-corrected chi connectivity index (χ4v) is 7.04. The van der Waals surface area contributed by atoms with Gasteiger partial charge in [0.1, 0.15) is 11.4 Å². The molecule has 2 aliphatic heterocycles. The van der Waals surface area contributed by atoms with Crippen molar-refractivity contribution in [3.63, 3.8) is 0 Å². The molecule has 1 fully saturated rings. The van der Waals surface area contributed by atoms with Crippen molar-refractivity contribution in [1.29, 1.82) is 0 Å². The normalized spacial score (nSPS) is 15.4. The third-order valence-corrected chi connectivity index (χ3v) is 9.42. The first-order valence-corrected chi connectivity index (χ1v) is 15.6. The Morgan fingerprint density at radius 2 is 1.33 bits per heavy atom. The van der Waals surface area contributed by atoms with E-state index in [-0.39, 0.29) is 5.92 Å². The number of nitrogens with zero attached hydrogens (tertiary/aromatic N) is 5. The number of rotatable bonds is 11. The highest BCUT2D eigenvalue weighted by atomic mass is 16.5. The third-order valence-electron chi connectivity index (χ3n) is 9.42. The van der Waals surface area contributed by atoms with E-state index in [2.05, 4.69) is 48.8 Å². The van der Waals surface area contributed by atoms with Crippen LogP contribution >= 0.6 is 0 Å². The lowest BCUT2D eigenvalue weighted by atomic mass is 9.72. The van der Waals surface area contributed by atoms with E-state index in [0.717, 1.165) is 80.4 Å². The number of benzene rings is 3.